The van der Waals surface area contributed by atoms with Crippen molar-refractivity contribution < 1.29 is 8.42 Å². The first-order valence-electron chi connectivity index (χ1n) is 6.49. The zero-order chi connectivity index (χ0) is 14.9. The van der Waals surface area contributed by atoms with E-state index in [1.165, 1.54) is 4.31 Å². The molecule has 5 nitrogen and oxygen atoms in total. The molecule has 0 atom stereocenters. The van der Waals surface area contributed by atoms with Crippen molar-refractivity contribution in [3.8, 4) is 0 Å². The van der Waals surface area contributed by atoms with Crippen LogP contribution in [0.3, 0.4) is 0 Å². The summed E-state index contributed by atoms with van der Waals surface area (Å²) in [4.78, 5) is 0.266. The number of hydrogen-bond acceptors (Lipinski definition) is 3. The fourth-order valence-corrected chi connectivity index (χ4v) is 4.22. The first-order valence-corrected chi connectivity index (χ1v) is 7.93. The maximum absolute atomic E-state index is 12.9. The van der Waals surface area contributed by atoms with E-state index in [1.807, 2.05) is 38.1 Å². The molecule has 0 aliphatic heterocycles. The Hall–Kier alpha value is -1.82. The van der Waals surface area contributed by atoms with Gasteiger partial charge in [-0.2, -0.15) is 5.10 Å². The maximum atomic E-state index is 12.9. The number of para-hydroxylation sites is 1. The molecule has 6 heteroatoms. The number of aryl methyl sites for hydroxylation is 3. The monoisotopic (exact) mass is 293 g/mol. The van der Waals surface area contributed by atoms with Crippen LogP contribution in [0.15, 0.2) is 29.2 Å². The molecule has 0 saturated carbocycles. The van der Waals surface area contributed by atoms with E-state index in [0.29, 0.717) is 23.6 Å². The molecule has 0 aliphatic rings. The Labute approximate surface area is 119 Å². The van der Waals surface area contributed by atoms with Crippen LogP contribution in [0.4, 0.5) is 5.69 Å². The van der Waals surface area contributed by atoms with Gasteiger partial charge < -0.3 is 0 Å². The van der Waals surface area contributed by atoms with Crippen LogP contribution in [0.1, 0.15) is 23.9 Å². The molecule has 2 aromatic rings. The van der Waals surface area contributed by atoms with E-state index in [0.717, 1.165) is 5.56 Å². The smallest absolute Gasteiger partial charge is 0.267 e. The Morgan fingerprint density at radius 3 is 2.35 bits per heavy atom. The molecule has 0 bridgehead atoms. The minimum absolute atomic E-state index is 0.266. The summed E-state index contributed by atoms with van der Waals surface area (Å²) < 4.78 is 27.2. The molecule has 0 aliphatic carbocycles. The van der Waals surface area contributed by atoms with Crippen LogP contribution >= 0.6 is 0 Å². The third-order valence-electron chi connectivity index (χ3n) is 3.28. The lowest BCUT2D eigenvalue weighted by Crippen LogP contribution is -2.32. The summed E-state index contributed by atoms with van der Waals surface area (Å²) in [6.07, 6.45) is 0. The first kappa shape index (κ1) is 14.6. The highest BCUT2D eigenvalue weighted by Gasteiger charge is 2.29. The van der Waals surface area contributed by atoms with Crippen molar-refractivity contribution in [3.05, 3.63) is 41.2 Å². The third kappa shape index (κ3) is 2.31. The second kappa shape index (κ2) is 5.28. The Kier molecular flexibility index (Phi) is 3.85. The van der Waals surface area contributed by atoms with E-state index in [4.69, 9.17) is 0 Å². The van der Waals surface area contributed by atoms with Gasteiger partial charge in [-0.15, -0.1) is 0 Å². The number of H-pyrrole nitrogens is 1. The van der Waals surface area contributed by atoms with Crippen LogP contribution in [0.25, 0.3) is 0 Å². The minimum atomic E-state index is -3.61. The van der Waals surface area contributed by atoms with Crippen molar-refractivity contribution >= 4 is 15.7 Å². The number of hydrogen-bond donors (Lipinski definition) is 1. The van der Waals surface area contributed by atoms with Crippen LogP contribution in [0, 0.1) is 20.8 Å². The van der Waals surface area contributed by atoms with Crippen molar-refractivity contribution in [1.29, 1.82) is 0 Å². The highest BCUT2D eigenvalue weighted by atomic mass is 32.2. The minimum Gasteiger partial charge on any atom is -0.281 e. The van der Waals surface area contributed by atoms with E-state index in [-0.39, 0.29) is 4.90 Å². The summed E-state index contributed by atoms with van der Waals surface area (Å²) in [5, 5.41) is 6.72. The van der Waals surface area contributed by atoms with E-state index in [2.05, 4.69) is 10.2 Å². The van der Waals surface area contributed by atoms with Crippen LogP contribution in [-0.4, -0.2) is 25.2 Å². The van der Waals surface area contributed by atoms with E-state index >= 15 is 0 Å². The van der Waals surface area contributed by atoms with Gasteiger partial charge in [0.1, 0.15) is 4.90 Å². The number of aromatic amines is 1. The lowest BCUT2D eigenvalue weighted by Gasteiger charge is -2.24. The molecule has 0 amide bonds. The second-order valence-corrected chi connectivity index (χ2v) is 6.52. The molecule has 0 saturated heterocycles. The summed E-state index contributed by atoms with van der Waals surface area (Å²) in [5.74, 6) is 0. The molecule has 1 N–H and O–H groups in total. The summed E-state index contributed by atoms with van der Waals surface area (Å²) in [7, 11) is -3.61. The molecule has 108 valence electrons. The van der Waals surface area contributed by atoms with Crippen LogP contribution in [0.5, 0.6) is 0 Å². The van der Waals surface area contributed by atoms with Gasteiger partial charge >= 0.3 is 0 Å². The Morgan fingerprint density at radius 2 is 1.85 bits per heavy atom. The lowest BCUT2D eigenvalue weighted by molar-refractivity contribution is 0.590. The third-order valence-corrected chi connectivity index (χ3v) is 5.43. The van der Waals surface area contributed by atoms with E-state index in [1.54, 1.807) is 13.8 Å². The zero-order valence-corrected chi connectivity index (χ0v) is 13.0. The molecule has 2 rings (SSSR count). The van der Waals surface area contributed by atoms with E-state index < -0.39 is 10.0 Å². The van der Waals surface area contributed by atoms with Crippen molar-refractivity contribution in [1.82, 2.24) is 10.2 Å². The standard InChI is InChI=1S/C14H19N3O2S/c1-5-17(13-9-7-6-8-10(13)2)20(18,19)14-11(3)15-16-12(14)4/h6-9H,5H2,1-4H3,(H,15,16). The Balaban J connectivity index is 2.60. The number of aromatic nitrogens is 2. The maximum Gasteiger partial charge on any atom is 0.267 e. The molecule has 1 aromatic heterocycles. The van der Waals surface area contributed by atoms with Gasteiger partial charge in [0.2, 0.25) is 0 Å². The Morgan fingerprint density at radius 1 is 1.20 bits per heavy atom. The number of nitrogens with one attached hydrogen (secondary N) is 1. The van der Waals surface area contributed by atoms with Gasteiger partial charge in [-0.1, -0.05) is 18.2 Å². The van der Waals surface area contributed by atoms with Crippen LogP contribution in [0.2, 0.25) is 0 Å². The predicted molar refractivity (Wildman–Crippen MR) is 79.4 cm³/mol. The van der Waals surface area contributed by atoms with Gasteiger partial charge in [0, 0.05) is 6.54 Å². The fourth-order valence-electron chi connectivity index (χ4n) is 2.34. The van der Waals surface area contributed by atoms with Gasteiger partial charge in [0.15, 0.2) is 0 Å². The Bertz CT molecular complexity index is 700. The van der Waals surface area contributed by atoms with Crippen LogP contribution < -0.4 is 4.31 Å². The number of rotatable bonds is 4. The van der Waals surface area contributed by atoms with Gasteiger partial charge in [0.05, 0.1) is 17.1 Å². The average molecular weight is 293 g/mol. The quantitative estimate of drug-likeness (QED) is 0.942. The highest BCUT2D eigenvalue weighted by Crippen LogP contribution is 2.28. The number of anilines is 1. The first-order chi connectivity index (χ1) is 9.39. The summed E-state index contributed by atoms with van der Waals surface area (Å²) in [6.45, 7) is 7.52. The summed E-state index contributed by atoms with van der Waals surface area (Å²) in [6, 6.07) is 7.47. The zero-order valence-electron chi connectivity index (χ0n) is 12.1. The van der Waals surface area contributed by atoms with Crippen molar-refractivity contribution in [2.75, 3.05) is 10.8 Å². The number of nitrogens with zero attached hydrogens (tertiary/aromatic N) is 2. The topological polar surface area (TPSA) is 66.1 Å². The second-order valence-electron chi connectivity index (χ2n) is 4.72. The molecular formula is C14H19N3O2S. The van der Waals surface area contributed by atoms with Crippen molar-refractivity contribution in [2.45, 2.75) is 32.6 Å². The van der Waals surface area contributed by atoms with Gasteiger partial charge in [-0.3, -0.25) is 9.40 Å². The largest absolute Gasteiger partial charge is 0.281 e. The molecule has 0 radical (unpaired) electrons. The SMILES string of the molecule is CCN(c1ccccc1C)S(=O)(=O)c1c(C)n[nH]c1C. The lowest BCUT2D eigenvalue weighted by atomic mass is 10.2. The normalized spacial score (nSPS) is 11.6. The molecule has 0 fully saturated rings. The molecule has 0 spiro atoms. The summed E-state index contributed by atoms with van der Waals surface area (Å²) in [5.41, 5.74) is 2.69. The number of sulfonamides is 1. The van der Waals surface area contributed by atoms with Gasteiger partial charge in [0.25, 0.3) is 10.0 Å². The van der Waals surface area contributed by atoms with Gasteiger partial charge in [-0.25, -0.2) is 8.42 Å². The molecular weight excluding hydrogens is 274 g/mol. The fraction of sp³-hybridized carbons (Fsp3) is 0.357. The molecule has 1 aromatic carbocycles. The van der Waals surface area contributed by atoms with Crippen LogP contribution in [-0.2, 0) is 10.0 Å². The van der Waals surface area contributed by atoms with Gasteiger partial charge in [-0.05, 0) is 39.3 Å². The highest BCUT2D eigenvalue weighted by molar-refractivity contribution is 7.93. The predicted octanol–water partition coefficient (Wildman–Crippen LogP) is 2.55. The summed E-state index contributed by atoms with van der Waals surface area (Å²) >= 11 is 0. The number of benzene rings is 1. The molecule has 0 unspecified atom stereocenters. The van der Waals surface area contributed by atoms with Crippen molar-refractivity contribution in [3.63, 3.8) is 0 Å². The molecule has 1 heterocycles. The average Bonchev–Trinajstić information content (AvgIpc) is 2.72. The van der Waals surface area contributed by atoms with E-state index in [9.17, 15) is 8.42 Å². The molecule has 20 heavy (non-hydrogen) atoms. The van der Waals surface area contributed by atoms with Crippen molar-refractivity contribution in [2.24, 2.45) is 0 Å².